The van der Waals surface area contributed by atoms with Crippen molar-refractivity contribution in [1.82, 2.24) is 24.8 Å². The van der Waals surface area contributed by atoms with Gasteiger partial charge in [-0.05, 0) is 26.8 Å². The van der Waals surface area contributed by atoms with Crippen molar-refractivity contribution in [3.8, 4) is 0 Å². The molecule has 0 bridgehead atoms. The Bertz CT molecular complexity index is 517. The lowest BCUT2D eigenvalue weighted by Crippen LogP contribution is -2.26. The molecule has 1 aliphatic rings. The molecule has 1 atom stereocenters. The topological polar surface area (TPSA) is 60.0 Å². The minimum Gasteiger partial charge on any atom is -0.361 e. The summed E-state index contributed by atoms with van der Waals surface area (Å²) < 4.78 is 7.23. The van der Waals surface area contributed by atoms with Crippen LogP contribution in [-0.4, -0.2) is 38.4 Å². The normalized spacial score (nSPS) is 17.0. The molecule has 102 valence electrons. The highest BCUT2D eigenvalue weighted by atomic mass is 16.5. The van der Waals surface area contributed by atoms with E-state index in [1.54, 1.807) is 12.7 Å². The number of hydrogen-bond acceptors (Lipinski definition) is 5. The molecule has 19 heavy (non-hydrogen) atoms. The predicted molar refractivity (Wildman–Crippen MR) is 69.5 cm³/mol. The molecule has 2 aromatic heterocycles. The van der Waals surface area contributed by atoms with Crippen molar-refractivity contribution in [2.24, 2.45) is 0 Å². The van der Waals surface area contributed by atoms with Gasteiger partial charge in [-0.3, -0.25) is 4.90 Å². The third-order valence-corrected chi connectivity index (χ3v) is 3.45. The zero-order chi connectivity index (χ0) is 13.2. The first-order valence-corrected chi connectivity index (χ1v) is 6.70. The van der Waals surface area contributed by atoms with E-state index >= 15 is 0 Å². The van der Waals surface area contributed by atoms with Crippen molar-refractivity contribution in [3.05, 3.63) is 30.2 Å². The zero-order valence-electron chi connectivity index (χ0n) is 11.4. The van der Waals surface area contributed by atoms with Crippen molar-refractivity contribution in [2.45, 2.75) is 38.3 Å². The van der Waals surface area contributed by atoms with Crippen LogP contribution in [0.2, 0.25) is 0 Å². The molecule has 1 fully saturated rings. The quantitative estimate of drug-likeness (QED) is 0.794. The molecular weight excluding hydrogens is 242 g/mol. The molecule has 0 N–H and O–H groups in total. The second-order valence-electron chi connectivity index (χ2n) is 5.42. The van der Waals surface area contributed by atoms with E-state index in [4.69, 9.17) is 4.52 Å². The van der Waals surface area contributed by atoms with Crippen LogP contribution in [0.1, 0.15) is 43.2 Å². The number of aromatic nitrogens is 4. The molecule has 1 aliphatic carbocycles. The Morgan fingerprint density at radius 1 is 1.53 bits per heavy atom. The van der Waals surface area contributed by atoms with Crippen molar-refractivity contribution in [1.29, 1.82) is 0 Å². The van der Waals surface area contributed by atoms with E-state index in [0.29, 0.717) is 12.0 Å². The Kier molecular flexibility index (Phi) is 3.33. The third kappa shape index (κ3) is 3.01. The first-order valence-electron chi connectivity index (χ1n) is 6.70. The van der Waals surface area contributed by atoms with Gasteiger partial charge in [0, 0.05) is 25.1 Å². The lowest BCUT2D eigenvalue weighted by atomic mass is 10.2. The van der Waals surface area contributed by atoms with Gasteiger partial charge in [-0.25, -0.2) is 9.67 Å². The fraction of sp³-hybridized carbons (Fsp3) is 0.615. The molecule has 0 unspecified atom stereocenters. The minimum atomic E-state index is 0.294. The van der Waals surface area contributed by atoms with E-state index in [0.717, 1.165) is 24.5 Å². The van der Waals surface area contributed by atoms with Gasteiger partial charge in [0.25, 0.3) is 0 Å². The second-order valence-corrected chi connectivity index (χ2v) is 5.42. The smallest absolute Gasteiger partial charge is 0.140 e. The molecule has 3 rings (SSSR count). The van der Waals surface area contributed by atoms with Crippen LogP contribution >= 0.6 is 0 Å². The molecule has 0 spiro atoms. The van der Waals surface area contributed by atoms with E-state index in [-0.39, 0.29) is 0 Å². The van der Waals surface area contributed by atoms with Crippen LogP contribution < -0.4 is 0 Å². The van der Waals surface area contributed by atoms with Crippen LogP contribution in [-0.2, 0) is 6.54 Å². The summed E-state index contributed by atoms with van der Waals surface area (Å²) in [6.07, 6.45) is 5.80. The van der Waals surface area contributed by atoms with E-state index in [9.17, 15) is 0 Å². The molecule has 6 heteroatoms. The lowest BCUT2D eigenvalue weighted by Gasteiger charge is -2.20. The summed E-state index contributed by atoms with van der Waals surface area (Å²) in [5, 5.41) is 8.29. The highest BCUT2D eigenvalue weighted by Gasteiger charge is 2.27. The van der Waals surface area contributed by atoms with E-state index in [2.05, 4.69) is 40.2 Å². The van der Waals surface area contributed by atoms with E-state index in [1.165, 1.54) is 12.8 Å². The average molecular weight is 261 g/mol. The van der Waals surface area contributed by atoms with Gasteiger partial charge in [0.05, 0.1) is 11.7 Å². The van der Waals surface area contributed by atoms with Gasteiger partial charge in [-0.1, -0.05) is 5.16 Å². The molecule has 6 nitrogen and oxygen atoms in total. The van der Waals surface area contributed by atoms with Crippen molar-refractivity contribution in [2.75, 3.05) is 13.6 Å². The number of hydrogen-bond donors (Lipinski definition) is 0. The zero-order valence-corrected chi connectivity index (χ0v) is 11.4. The van der Waals surface area contributed by atoms with E-state index in [1.807, 2.05) is 4.68 Å². The monoisotopic (exact) mass is 261 g/mol. The lowest BCUT2D eigenvalue weighted by molar-refractivity contribution is 0.260. The second kappa shape index (κ2) is 5.13. The first-order chi connectivity index (χ1) is 9.22. The van der Waals surface area contributed by atoms with Gasteiger partial charge in [-0.15, -0.1) is 0 Å². The van der Waals surface area contributed by atoms with Crippen LogP contribution in [0.25, 0.3) is 0 Å². The summed E-state index contributed by atoms with van der Waals surface area (Å²) >= 11 is 0. The van der Waals surface area contributed by atoms with Crippen LogP contribution in [0, 0.1) is 0 Å². The van der Waals surface area contributed by atoms with Crippen LogP contribution in [0.3, 0.4) is 0 Å². The Labute approximate surface area is 112 Å². The molecule has 2 aromatic rings. The van der Waals surface area contributed by atoms with Crippen LogP contribution in [0.5, 0.6) is 0 Å². The number of nitrogens with zero attached hydrogens (tertiary/aromatic N) is 5. The van der Waals surface area contributed by atoms with Gasteiger partial charge in [0.1, 0.15) is 18.4 Å². The van der Waals surface area contributed by atoms with Gasteiger partial charge in [0.15, 0.2) is 0 Å². The Hall–Kier alpha value is -1.69. The van der Waals surface area contributed by atoms with Gasteiger partial charge in [-0.2, -0.15) is 5.10 Å². The summed E-state index contributed by atoms with van der Waals surface area (Å²) in [6.45, 7) is 3.83. The summed E-state index contributed by atoms with van der Waals surface area (Å²) in [5.74, 6) is 1.67. The molecular formula is C13H19N5O. The SMILES string of the molecule is C[C@@H](CN(C)Cc1cc(C2CC2)on1)n1cncn1. The molecule has 0 aliphatic heterocycles. The summed E-state index contributed by atoms with van der Waals surface area (Å²) in [5.41, 5.74) is 1.01. The number of rotatable bonds is 6. The molecule has 0 amide bonds. The molecule has 0 saturated heterocycles. The Balaban J connectivity index is 1.53. The van der Waals surface area contributed by atoms with Gasteiger partial charge in [0.2, 0.25) is 0 Å². The standard InChI is InChI=1S/C13H19N5O/c1-10(18-9-14-8-15-18)6-17(2)7-12-5-13(19-16-12)11-3-4-11/h5,8-11H,3-4,6-7H2,1-2H3/t10-/m0/s1. The fourth-order valence-electron chi connectivity index (χ4n) is 2.28. The highest BCUT2D eigenvalue weighted by molar-refractivity contribution is 5.14. The molecule has 1 saturated carbocycles. The van der Waals surface area contributed by atoms with E-state index < -0.39 is 0 Å². The predicted octanol–water partition coefficient (Wildman–Crippen LogP) is 1.84. The van der Waals surface area contributed by atoms with Crippen molar-refractivity contribution < 1.29 is 4.52 Å². The maximum absolute atomic E-state index is 5.36. The maximum atomic E-state index is 5.36. The largest absolute Gasteiger partial charge is 0.361 e. The average Bonchev–Trinajstić information content (AvgIpc) is 2.91. The Morgan fingerprint density at radius 3 is 3.05 bits per heavy atom. The third-order valence-electron chi connectivity index (χ3n) is 3.45. The minimum absolute atomic E-state index is 0.294. The molecule has 0 radical (unpaired) electrons. The van der Waals surface area contributed by atoms with Crippen LogP contribution in [0.4, 0.5) is 0 Å². The molecule has 2 heterocycles. The Morgan fingerprint density at radius 2 is 2.37 bits per heavy atom. The maximum Gasteiger partial charge on any atom is 0.140 e. The summed E-state index contributed by atoms with van der Waals surface area (Å²) in [4.78, 5) is 6.19. The first kappa shape index (κ1) is 12.3. The number of likely N-dealkylation sites (N-methyl/N-ethyl adjacent to an activating group) is 1. The van der Waals surface area contributed by atoms with Crippen LogP contribution in [0.15, 0.2) is 23.2 Å². The van der Waals surface area contributed by atoms with Gasteiger partial charge >= 0.3 is 0 Å². The van der Waals surface area contributed by atoms with Crippen molar-refractivity contribution in [3.63, 3.8) is 0 Å². The highest BCUT2D eigenvalue weighted by Crippen LogP contribution is 2.40. The molecule has 0 aromatic carbocycles. The fourth-order valence-corrected chi connectivity index (χ4v) is 2.28. The van der Waals surface area contributed by atoms with Gasteiger partial charge < -0.3 is 4.52 Å². The van der Waals surface area contributed by atoms with Crippen molar-refractivity contribution >= 4 is 0 Å². The summed E-state index contributed by atoms with van der Waals surface area (Å²) in [6, 6.07) is 2.39. The summed E-state index contributed by atoms with van der Waals surface area (Å²) in [7, 11) is 2.08.